The minimum Gasteiger partial charge on any atom is -0.368 e. The lowest BCUT2D eigenvalue weighted by Crippen LogP contribution is -2.39. The van der Waals surface area contributed by atoms with Crippen molar-refractivity contribution in [3.8, 4) is 0 Å². The topological polar surface area (TPSA) is 21.3 Å². The molecule has 0 saturated carbocycles. The molecule has 0 amide bonds. The number of halogens is 2. The average Bonchev–Trinajstić information content (AvgIpc) is 2.22. The Kier molecular flexibility index (Phi) is 3.38. The molecule has 0 aliphatic carbocycles. The van der Waals surface area contributed by atoms with Crippen molar-refractivity contribution in [1.82, 2.24) is 5.32 Å². The maximum absolute atomic E-state index is 13.6. The second kappa shape index (κ2) is 4.60. The van der Waals surface area contributed by atoms with Crippen LogP contribution in [0, 0.1) is 5.82 Å². The van der Waals surface area contributed by atoms with Crippen LogP contribution in [0.3, 0.4) is 0 Å². The summed E-state index contributed by atoms with van der Waals surface area (Å²) in [6.07, 6.45) is -0.0617. The first-order valence-corrected chi connectivity index (χ1v) is 5.77. The summed E-state index contributed by atoms with van der Waals surface area (Å²) in [6, 6.07) is 4.93. The van der Waals surface area contributed by atoms with E-state index in [1.54, 1.807) is 12.1 Å². The van der Waals surface area contributed by atoms with Crippen LogP contribution < -0.4 is 5.32 Å². The second-order valence-electron chi connectivity index (χ2n) is 3.76. The molecule has 2 atom stereocenters. The highest BCUT2D eigenvalue weighted by Crippen LogP contribution is 2.26. The normalized spacial score (nSPS) is 26.6. The third-order valence-corrected chi connectivity index (χ3v) is 2.96. The fraction of sp³-hybridized carbons (Fsp3) is 0.455. The highest BCUT2D eigenvalue weighted by Gasteiger charge is 2.22. The highest BCUT2D eigenvalue weighted by atomic mass is 79.9. The zero-order chi connectivity index (χ0) is 10.8. The van der Waals surface area contributed by atoms with E-state index in [4.69, 9.17) is 4.74 Å². The molecule has 1 aliphatic heterocycles. The molecule has 2 rings (SSSR count). The fourth-order valence-electron chi connectivity index (χ4n) is 1.74. The molecule has 0 bridgehead atoms. The first kappa shape index (κ1) is 11.0. The van der Waals surface area contributed by atoms with Gasteiger partial charge in [0.25, 0.3) is 0 Å². The summed E-state index contributed by atoms with van der Waals surface area (Å²) in [7, 11) is 0. The fourth-order valence-corrected chi connectivity index (χ4v) is 2.12. The van der Waals surface area contributed by atoms with Gasteiger partial charge in [-0.1, -0.05) is 15.9 Å². The summed E-state index contributed by atoms with van der Waals surface area (Å²) >= 11 is 3.34. The van der Waals surface area contributed by atoms with Gasteiger partial charge in [0.05, 0.1) is 12.2 Å². The number of benzene rings is 1. The quantitative estimate of drug-likeness (QED) is 0.850. The first-order chi connectivity index (χ1) is 7.16. The molecule has 1 aromatic carbocycles. The Bertz CT molecular complexity index is 358. The highest BCUT2D eigenvalue weighted by molar-refractivity contribution is 9.10. The van der Waals surface area contributed by atoms with Crippen LogP contribution in [0.25, 0.3) is 0 Å². The van der Waals surface area contributed by atoms with E-state index >= 15 is 0 Å². The van der Waals surface area contributed by atoms with E-state index in [0.717, 1.165) is 11.0 Å². The molecule has 2 unspecified atom stereocenters. The van der Waals surface area contributed by atoms with Gasteiger partial charge in [-0.3, -0.25) is 0 Å². The van der Waals surface area contributed by atoms with Crippen molar-refractivity contribution in [3.63, 3.8) is 0 Å². The molecule has 0 radical (unpaired) electrons. The Labute approximate surface area is 96.9 Å². The van der Waals surface area contributed by atoms with Crippen molar-refractivity contribution in [2.45, 2.75) is 19.1 Å². The van der Waals surface area contributed by atoms with Crippen molar-refractivity contribution in [3.05, 3.63) is 34.1 Å². The minimum absolute atomic E-state index is 0.127. The summed E-state index contributed by atoms with van der Waals surface area (Å²) in [5.41, 5.74) is 0.614. The maximum atomic E-state index is 13.6. The smallest absolute Gasteiger partial charge is 0.129 e. The molecule has 1 aliphatic rings. The SMILES string of the molecule is CC1CNCC(c2cc(Br)ccc2F)O1. The van der Waals surface area contributed by atoms with E-state index in [2.05, 4.69) is 21.2 Å². The Morgan fingerprint density at radius 1 is 1.47 bits per heavy atom. The van der Waals surface area contributed by atoms with Gasteiger partial charge in [-0.2, -0.15) is 0 Å². The van der Waals surface area contributed by atoms with Crippen LogP contribution in [-0.2, 0) is 4.74 Å². The van der Waals surface area contributed by atoms with Gasteiger partial charge < -0.3 is 10.1 Å². The third-order valence-electron chi connectivity index (χ3n) is 2.46. The van der Waals surface area contributed by atoms with Crippen LogP contribution in [0.15, 0.2) is 22.7 Å². The van der Waals surface area contributed by atoms with Gasteiger partial charge in [-0.15, -0.1) is 0 Å². The molecule has 1 saturated heterocycles. The summed E-state index contributed by atoms with van der Waals surface area (Å²) in [5.74, 6) is -0.209. The molecule has 0 aromatic heterocycles. The standard InChI is InChI=1S/C11H13BrFNO/c1-7-5-14-6-11(15-7)9-4-8(12)2-3-10(9)13/h2-4,7,11,14H,5-6H2,1H3. The van der Waals surface area contributed by atoms with Crippen molar-refractivity contribution in [1.29, 1.82) is 0 Å². The zero-order valence-electron chi connectivity index (χ0n) is 8.47. The van der Waals surface area contributed by atoms with E-state index in [9.17, 15) is 4.39 Å². The monoisotopic (exact) mass is 273 g/mol. The van der Waals surface area contributed by atoms with Crippen LogP contribution in [0.5, 0.6) is 0 Å². The lowest BCUT2D eigenvalue weighted by atomic mass is 10.1. The van der Waals surface area contributed by atoms with Gasteiger partial charge in [-0.25, -0.2) is 4.39 Å². The number of hydrogen-bond acceptors (Lipinski definition) is 2. The minimum atomic E-state index is -0.209. The Morgan fingerprint density at radius 3 is 3.00 bits per heavy atom. The third kappa shape index (κ3) is 2.56. The average molecular weight is 274 g/mol. The predicted octanol–water partition coefficient (Wildman–Crippen LogP) is 2.64. The molecule has 2 nitrogen and oxygen atoms in total. The Hall–Kier alpha value is -0.450. The molecule has 0 spiro atoms. The summed E-state index contributed by atoms with van der Waals surface area (Å²) in [6.45, 7) is 3.47. The van der Waals surface area contributed by atoms with Gasteiger partial charge in [0.15, 0.2) is 0 Å². The molecule has 1 N–H and O–H groups in total. The van der Waals surface area contributed by atoms with Crippen LogP contribution >= 0.6 is 15.9 Å². The summed E-state index contributed by atoms with van der Waals surface area (Å²) < 4.78 is 20.1. The largest absolute Gasteiger partial charge is 0.368 e. The zero-order valence-corrected chi connectivity index (χ0v) is 10.1. The Morgan fingerprint density at radius 2 is 2.27 bits per heavy atom. The molecule has 1 fully saturated rings. The predicted molar refractivity (Wildman–Crippen MR) is 60.3 cm³/mol. The van der Waals surface area contributed by atoms with Crippen molar-refractivity contribution >= 4 is 15.9 Å². The van der Waals surface area contributed by atoms with Crippen LogP contribution in [-0.4, -0.2) is 19.2 Å². The van der Waals surface area contributed by atoms with Gasteiger partial charge in [-0.05, 0) is 25.1 Å². The number of nitrogens with one attached hydrogen (secondary N) is 1. The van der Waals surface area contributed by atoms with Crippen molar-refractivity contribution < 1.29 is 9.13 Å². The lowest BCUT2D eigenvalue weighted by molar-refractivity contribution is -0.0303. The Balaban J connectivity index is 2.24. The van der Waals surface area contributed by atoms with Gasteiger partial charge in [0.1, 0.15) is 5.82 Å². The number of hydrogen-bond donors (Lipinski definition) is 1. The maximum Gasteiger partial charge on any atom is 0.129 e. The van der Waals surface area contributed by atoms with Crippen LogP contribution in [0.1, 0.15) is 18.6 Å². The molecule has 15 heavy (non-hydrogen) atoms. The van der Waals surface area contributed by atoms with E-state index in [1.165, 1.54) is 6.07 Å². The van der Waals surface area contributed by atoms with Crippen LogP contribution in [0.4, 0.5) is 4.39 Å². The molecular weight excluding hydrogens is 261 g/mol. The first-order valence-electron chi connectivity index (χ1n) is 4.98. The summed E-state index contributed by atoms with van der Waals surface area (Å²) in [4.78, 5) is 0. The van der Waals surface area contributed by atoms with E-state index in [-0.39, 0.29) is 18.0 Å². The van der Waals surface area contributed by atoms with Crippen LogP contribution in [0.2, 0.25) is 0 Å². The summed E-state index contributed by atoms with van der Waals surface area (Å²) in [5, 5.41) is 3.22. The molecule has 4 heteroatoms. The second-order valence-corrected chi connectivity index (χ2v) is 4.68. The molecule has 1 aromatic rings. The van der Waals surface area contributed by atoms with Gasteiger partial charge in [0, 0.05) is 23.1 Å². The van der Waals surface area contributed by atoms with E-state index < -0.39 is 0 Å². The molecular formula is C11H13BrFNO. The van der Waals surface area contributed by atoms with E-state index in [1.807, 2.05) is 6.92 Å². The van der Waals surface area contributed by atoms with Gasteiger partial charge in [0.2, 0.25) is 0 Å². The molecule has 82 valence electrons. The van der Waals surface area contributed by atoms with Crippen molar-refractivity contribution in [2.24, 2.45) is 0 Å². The van der Waals surface area contributed by atoms with E-state index in [0.29, 0.717) is 12.1 Å². The number of morpholine rings is 1. The number of rotatable bonds is 1. The van der Waals surface area contributed by atoms with Crippen molar-refractivity contribution in [2.75, 3.05) is 13.1 Å². The van der Waals surface area contributed by atoms with Gasteiger partial charge >= 0.3 is 0 Å². The lowest BCUT2D eigenvalue weighted by Gasteiger charge is -2.29. The number of ether oxygens (including phenoxy) is 1. The molecule has 1 heterocycles.